The zero-order chi connectivity index (χ0) is 22.1. The van der Waals surface area contributed by atoms with Crippen LogP contribution in [0.15, 0.2) is 77.4 Å². The lowest BCUT2D eigenvalue weighted by Crippen LogP contribution is -2.49. The lowest BCUT2D eigenvalue weighted by molar-refractivity contribution is -0.137. The Morgan fingerprint density at radius 3 is 2.32 bits per heavy atom. The summed E-state index contributed by atoms with van der Waals surface area (Å²) in [7, 11) is 0. The van der Waals surface area contributed by atoms with Gasteiger partial charge in [-0.15, -0.1) is 0 Å². The molecule has 1 aliphatic rings. The van der Waals surface area contributed by atoms with Crippen LogP contribution >= 0.6 is 15.9 Å². The van der Waals surface area contributed by atoms with E-state index in [1.54, 1.807) is 24.4 Å². The molecule has 160 valence electrons. The van der Waals surface area contributed by atoms with Crippen LogP contribution in [0.4, 0.5) is 13.2 Å². The highest BCUT2D eigenvalue weighted by molar-refractivity contribution is 9.10. The van der Waals surface area contributed by atoms with Crippen LogP contribution in [0.2, 0.25) is 0 Å². The number of carbonyl (C=O) groups is 1. The molecule has 1 atom stereocenters. The Balaban J connectivity index is 1.91. The Kier molecular flexibility index (Phi) is 5.88. The van der Waals surface area contributed by atoms with Gasteiger partial charge in [0.25, 0.3) is 0 Å². The number of hydrogen-bond acceptors (Lipinski definition) is 2. The number of alkyl halides is 3. The Labute approximate surface area is 186 Å². The second kappa shape index (κ2) is 8.46. The highest BCUT2D eigenvalue weighted by atomic mass is 79.9. The molecule has 3 aromatic rings. The molecule has 1 fully saturated rings. The molecule has 0 aliphatic heterocycles. The number of benzene rings is 2. The molecule has 1 N–H and O–H groups in total. The van der Waals surface area contributed by atoms with Crippen molar-refractivity contribution in [2.75, 3.05) is 0 Å². The first-order chi connectivity index (χ1) is 14.8. The number of carbonyl (C=O) groups excluding carboxylic acids is 1. The smallest absolute Gasteiger partial charge is 0.340 e. The van der Waals surface area contributed by atoms with Crippen LogP contribution in [0, 0.1) is 5.92 Å². The van der Waals surface area contributed by atoms with Crippen LogP contribution in [0.3, 0.4) is 0 Å². The maximum atomic E-state index is 13.5. The maximum absolute atomic E-state index is 13.5. The van der Waals surface area contributed by atoms with Gasteiger partial charge in [0.05, 0.1) is 11.3 Å². The normalized spacial score (nSPS) is 15.9. The van der Waals surface area contributed by atoms with Gasteiger partial charge in [0, 0.05) is 23.0 Å². The summed E-state index contributed by atoms with van der Waals surface area (Å²) in [5.41, 5.74) is -0.313. The van der Waals surface area contributed by atoms with Gasteiger partial charge in [-0.1, -0.05) is 42.5 Å². The maximum Gasteiger partial charge on any atom is 0.416 e. The summed E-state index contributed by atoms with van der Waals surface area (Å²) in [5.74, 6) is -0.283. The van der Waals surface area contributed by atoms with Gasteiger partial charge in [0.2, 0.25) is 5.91 Å². The van der Waals surface area contributed by atoms with Gasteiger partial charge in [-0.2, -0.15) is 13.2 Å². The number of nitrogens with zero attached hydrogens (tertiary/aromatic N) is 1. The predicted octanol–water partition coefficient (Wildman–Crippen LogP) is 5.88. The molecule has 0 saturated heterocycles. The summed E-state index contributed by atoms with van der Waals surface area (Å²) in [6, 6.07) is 18.0. The molecule has 1 aromatic heterocycles. The van der Waals surface area contributed by atoms with Crippen LogP contribution in [-0.2, 0) is 22.9 Å². The molecule has 1 unspecified atom stereocenters. The van der Waals surface area contributed by atoms with Crippen molar-refractivity contribution in [2.24, 2.45) is 5.92 Å². The standard InChI is InChI=1S/C24H20BrF3N2O/c25-20-11-12-21(29-15-20)23(30-22(31)17-9-10-17,14-16-5-2-1-3-6-16)18-7-4-8-19(13-18)24(26,27)28/h1-8,11-13,15,17H,9-10,14H2,(H,30,31). The number of aromatic nitrogens is 1. The van der Waals surface area contributed by atoms with Crippen molar-refractivity contribution in [3.8, 4) is 0 Å². The SMILES string of the molecule is O=C(NC(Cc1ccccc1)(c1cccc(C(F)(F)F)c1)c1ccc(Br)cn1)C1CC1. The van der Waals surface area contributed by atoms with Crippen molar-refractivity contribution in [2.45, 2.75) is 31.0 Å². The molecule has 1 heterocycles. The average molecular weight is 489 g/mol. The Hall–Kier alpha value is -2.67. The number of amides is 1. The fraction of sp³-hybridized carbons (Fsp3) is 0.250. The monoisotopic (exact) mass is 488 g/mol. The molecule has 0 bridgehead atoms. The van der Waals surface area contributed by atoms with E-state index in [0.717, 1.165) is 35.0 Å². The number of halogens is 4. The van der Waals surface area contributed by atoms with Gasteiger partial charge in [-0.3, -0.25) is 9.78 Å². The Bertz CT molecular complexity index is 1070. The van der Waals surface area contributed by atoms with Gasteiger partial charge in [-0.25, -0.2) is 0 Å². The van der Waals surface area contributed by atoms with Crippen LogP contribution in [0.25, 0.3) is 0 Å². The summed E-state index contributed by atoms with van der Waals surface area (Å²) >= 11 is 3.36. The quantitative estimate of drug-likeness (QED) is 0.470. The minimum absolute atomic E-state index is 0.114. The molecule has 31 heavy (non-hydrogen) atoms. The molecular weight excluding hydrogens is 469 g/mol. The zero-order valence-electron chi connectivity index (χ0n) is 16.5. The van der Waals surface area contributed by atoms with Crippen molar-refractivity contribution >= 4 is 21.8 Å². The summed E-state index contributed by atoms with van der Waals surface area (Å²) in [5, 5.41) is 3.09. The molecule has 1 amide bonds. The van der Waals surface area contributed by atoms with Gasteiger partial charge >= 0.3 is 6.18 Å². The number of hydrogen-bond donors (Lipinski definition) is 1. The fourth-order valence-corrected chi connectivity index (χ4v) is 3.90. The van der Waals surface area contributed by atoms with E-state index < -0.39 is 17.3 Å². The summed E-state index contributed by atoms with van der Waals surface area (Å²) in [6.45, 7) is 0. The van der Waals surface area contributed by atoms with Crippen molar-refractivity contribution in [1.82, 2.24) is 10.3 Å². The van der Waals surface area contributed by atoms with E-state index in [1.165, 1.54) is 6.07 Å². The Morgan fingerprint density at radius 2 is 1.71 bits per heavy atom. The van der Waals surface area contributed by atoms with Crippen LogP contribution in [0.1, 0.15) is 35.2 Å². The molecule has 0 spiro atoms. The van der Waals surface area contributed by atoms with E-state index >= 15 is 0 Å². The van der Waals surface area contributed by atoms with Crippen molar-refractivity contribution in [1.29, 1.82) is 0 Å². The molecule has 1 saturated carbocycles. The van der Waals surface area contributed by atoms with Crippen molar-refractivity contribution in [3.05, 3.63) is 99.8 Å². The number of nitrogens with one attached hydrogen (secondary N) is 1. The topological polar surface area (TPSA) is 42.0 Å². The molecule has 0 radical (unpaired) electrons. The van der Waals surface area contributed by atoms with E-state index in [-0.39, 0.29) is 18.2 Å². The third kappa shape index (κ3) is 4.82. The van der Waals surface area contributed by atoms with Crippen molar-refractivity contribution in [3.63, 3.8) is 0 Å². The molecule has 2 aromatic carbocycles. The Morgan fingerprint density at radius 1 is 1.00 bits per heavy atom. The average Bonchev–Trinajstić information content (AvgIpc) is 3.59. The van der Waals surface area contributed by atoms with Gasteiger partial charge in [0.1, 0.15) is 5.54 Å². The lowest BCUT2D eigenvalue weighted by Gasteiger charge is -2.36. The van der Waals surface area contributed by atoms with Gasteiger partial charge < -0.3 is 5.32 Å². The summed E-state index contributed by atoms with van der Waals surface area (Å²) in [6.07, 6.45) is -1.08. The molecular formula is C24H20BrF3N2O. The van der Waals surface area contributed by atoms with E-state index in [0.29, 0.717) is 11.3 Å². The number of pyridine rings is 1. The molecule has 4 rings (SSSR count). The summed E-state index contributed by atoms with van der Waals surface area (Å²) in [4.78, 5) is 17.4. The summed E-state index contributed by atoms with van der Waals surface area (Å²) < 4.78 is 41.3. The van der Waals surface area contributed by atoms with Crippen LogP contribution in [0.5, 0.6) is 0 Å². The minimum Gasteiger partial charge on any atom is -0.340 e. The van der Waals surface area contributed by atoms with Gasteiger partial charge in [-0.05, 0) is 64.2 Å². The molecule has 3 nitrogen and oxygen atoms in total. The van der Waals surface area contributed by atoms with Crippen LogP contribution < -0.4 is 5.32 Å². The zero-order valence-corrected chi connectivity index (χ0v) is 18.1. The third-order valence-corrected chi connectivity index (χ3v) is 5.91. The van der Waals surface area contributed by atoms with E-state index in [2.05, 4.69) is 26.2 Å². The van der Waals surface area contributed by atoms with Crippen molar-refractivity contribution < 1.29 is 18.0 Å². The highest BCUT2D eigenvalue weighted by Crippen LogP contribution is 2.38. The lowest BCUT2D eigenvalue weighted by atomic mass is 9.79. The fourth-order valence-electron chi connectivity index (χ4n) is 3.67. The first kappa shape index (κ1) is 21.6. The largest absolute Gasteiger partial charge is 0.416 e. The predicted molar refractivity (Wildman–Crippen MR) is 115 cm³/mol. The van der Waals surface area contributed by atoms with E-state index in [9.17, 15) is 18.0 Å². The van der Waals surface area contributed by atoms with E-state index in [1.807, 2.05) is 30.3 Å². The third-order valence-electron chi connectivity index (χ3n) is 5.44. The van der Waals surface area contributed by atoms with Gasteiger partial charge in [0.15, 0.2) is 0 Å². The first-order valence-corrected chi connectivity index (χ1v) is 10.7. The first-order valence-electron chi connectivity index (χ1n) is 9.94. The van der Waals surface area contributed by atoms with Crippen LogP contribution in [-0.4, -0.2) is 10.9 Å². The highest BCUT2D eigenvalue weighted by Gasteiger charge is 2.42. The second-order valence-corrected chi connectivity index (χ2v) is 8.69. The molecule has 7 heteroatoms. The van der Waals surface area contributed by atoms with E-state index in [4.69, 9.17) is 0 Å². The number of rotatable bonds is 6. The second-order valence-electron chi connectivity index (χ2n) is 7.77. The molecule has 1 aliphatic carbocycles. The minimum atomic E-state index is -4.50.